The second-order valence-electron chi connectivity index (χ2n) is 4.15. The van der Waals surface area contributed by atoms with E-state index in [0.717, 1.165) is 0 Å². The molecule has 2 aromatic rings. The standard InChI is InChI=1S/C14H10F3NO/c1-7-4-8(2-3-13(7)18)14(19)9-5-11(16)12(17)6-10(9)15/h2-6H,18H2,1H3. The van der Waals surface area contributed by atoms with E-state index >= 15 is 0 Å². The molecule has 0 atom stereocenters. The van der Waals surface area contributed by atoms with E-state index in [0.29, 0.717) is 23.4 Å². The van der Waals surface area contributed by atoms with E-state index in [1.54, 1.807) is 6.92 Å². The quantitative estimate of drug-likeness (QED) is 0.514. The Kier molecular flexibility index (Phi) is 3.29. The SMILES string of the molecule is Cc1cc(C(=O)c2cc(F)c(F)cc2F)ccc1N. The first-order valence-electron chi connectivity index (χ1n) is 5.45. The lowest BCUT2D eigenvalue weighted by molar-refractivity contribution is 0.103. The fourth-order valence-electron chi connectivity index (χ4n) is 1.67. The molecule has 0 aliphatic rings. The number of ketones is 1. The van der Waals surface area contributed by atoms with Crippen LogP contribution in [0.5, 0.6) is 0 Å². The smallest absolute Gasteiger partial charge is 0.196 e. The van der Waals surface area contributed by atoms with Gasteiger partial charge in [0.25, 0.3) is 0 Å². The van der Waals surface area contributed by atoms with Gasteiger partial charge in [-0.25, -0.2) is 13.2 Å². The van der Waals surface area contributed by atoms with Crippen molar-refractivity contribution in [1.82, 2.24) is 0 Å². The second-order valence-corrected chi connectivity index (χ2v) is 4.15. The van der Waals surface area contributed by atoms with Crippen LogP contribution in [0.15, 0.2) is 30.3 Å². The highest BCUT2D eigenvalue weighted by atomic mass is 19.2. The molecule has 0 aliphatic heterocycles. The molecule has 0 fully saturated rings. The summed E-state index contributed by atoms with van der Waals surface area (Å²) < 4.78 is 39.4. The summed E-state index contributed by atoms with van der Waals surface area (Å²) in [5.74, 6) is -4.42. The number of rotatable bonds is 2. The molecule has 0 aromatic heterocycles. The van der Waals surface area contributed by atoms with Crippen molar-refractivity contribution in [3.63, 3.8) is 0 Å². The number of nitrogens with two attached hydrogens (primary N) is 1. The fourth-order valence-corrected chi connectivity index (χ4v) is 1.67. The van der Waals surface area contributed by atoms with Gasteiger partial charge in [0.05, 0.1) is 5.56 Å². The summed E-state index contributed by atoms with van der Waals surface area (Å²) in [6.07, 6.45) is 0. The molecule has 2 N–H and O–H groups in total. The first-order chi connectivity index (χ1) is 8.90. The van der Waals surface area contributed by atoms with E-state index in [2.05, 4.69) is 0 Å². The average Bonchev–Trinajstić information content (AvgIpc) is 2.36. The van der Waals surface area contributed by atoms with Crippen molar-refractivity contribution in [2.75, 3.05) is 5.73 Å². The molecule has 0 spiro atoms. The summed E-state index contributed by atoms with van der Waals surface area (Å²) in [5.41, 5.74) is 6.39. The maximum atomic E-state index is 13.5. The van der Waals surface area contributed by atoms with Crippen molar-refractivity contribution in [1.29, 1.82) is 0 Å². The molecule has 0 amide bonds. The Morgan fingerprint density at radius 3 is 2.26 bits per heavy atom. The Balaban J connectivity index is 2.49. The maximum absolute atomic E-state index is 13.5. The largest absolute Gasteiger partial charge is 0.399 e. The van der Waals surface area contributed by atoms with E-state index < -0.39 is 28.8 Å². The topological polar surface area (TPSA) is 43.1 Å². The summed E-state index contributed by atoms with van der Waals surface area (Å²) in [6.45, 7) is 1.69. The lowest BCUT2D eigenvalue weighted by Crippen LogP contribution is -2.07. The third-order valence-corrected chi connectivity index (χ3v) is 2.79. The van der Waals surface area contributed by atoms with E-state index in [1.165, 1.54) is 18.2 Å². The van der Waals surface area contributed by atoms with Crippen LogP contribution in [0.4, 0.5) is 18.9 Å². The number of aryl methyl sites for hydroxylation is 1. The minimum absolute atomic E-state index is 0.164. The van der Waals surface area contributed by atoms with Gasteiger partial charge in [0.2, 0.25) is 0 Å². The van der Waals surface area contributed by atoms with Crippen molar-refractivity contribution < 1.29 is 18.0 Å². The zero-order valence-corrected chi connectivity index (χ0v) is 10.0. The van der Waals surface area contributed by atoms with Gasteiger partial charge in [-0.15, -0.1) is 0 Å². The molecule has 0 radical (unpaired) electrons. The Labute approximate surface area is 107 Å². The van der Waals surface area contributed by atoms with Crippen molar-refractivity contribution >= 4 is 11.5 Å². The summed E-state index contributed by atoms with van der Waals surface area (Å²) in [6, 6.07) is 5.29. The summed E-state index contributed by atoms with van der Waals surface area (Å²) >= 11 is 0. The number of hydrogen-bond donors (Lipinski definition) is 1. The zero-order chi connectivity index (χ0) is 14.2. The van der Waals surface area contributed by atoms with Gasteiger partial charge in [-0.05, 0) is 36.8 Å². The van der Waals surface area contributed by atoms with Gasteiger partial charge in [-0.3, -0.25) is 4.79 Å². The van der Waals surface area contributed by atoms with E-state index in [4.69, 9.17) is 5.73 Å². The average molecular weight is 265 g/mol. The van der Waals surface area contributed by atoms with Gasteiger partial charge in [-0.1, -0.05) is 0 Å². The number of carbonyl (C=O) groups excluding carboxylic acids is 1. The number of benzene rings is 2. The normalized spacial score (nSPS) is 10.5. The van der Waals surface area contributed by atoms with Gasteiger partial charge in [0.15, 0.2) is 17.4 Å². The van der Waals surface area contributed by atoms with Crippen molar-refractivity contribution in [2.45, 2.75) is 6.92 Å². The molecule has 98 valence electrons. The van der Waals surface area contributed by atoms with Crippen molar-refractivity contribution in [3.8, 4) is 0 Å². The molecule has 0 saturated carbocycles. The summed E-state index contributed by atoms with van der Waals surface area (Å²) in [7, 11) is 0. The van der Waals surface area contributed by atoms with E-state index in [-0.39, 0.29) is 5.56 Å². The van der Waals surface area contributed by atoms with Crippen LogP contribution in [0.25, 0.3) is 0 Å². The first kappa shape index (κ1) is 13.1. The second kappa shape index (κ2) is 4.76. The molecular formula is C14H10F3NO. The van der Waals surface area contributed by atoms with Gasteiger partial charge >= 0.3 is 0 Å². The third kappa shape index (κ3) is 2.45. The monoisotopic (exact) mass is 265 g/mol. The van der Waals surface area contributed by atoms with Gasteiger partial charge in [0, 0.05) is 17.3 Å². The zero-order valence-electron chi connectivity index (χ0n) is 10.0. The van der Waals surface area contributed by atoms with Crippen LogP contribution in [0.2, 0.25) is 0 Å². The van der Waals surface area contributed by atoms with Gasteiger partial charge < -0.3 is 5.73 Å². The molecule has 2 aromatic carbocycles. The highest BCUT2D eigenvalue weighted by molar-refractivity contribution is 6.09. The highest BCUT2D eigenvalue weighted by Gasteiger charge is 2.18. The number of carbonyl (C=O) groups is 1. The Morgan fingerprint density at radius 1 is 1.00 bits per heavy atom. The minimum atomic E-state index is -1.33. The molecule has 0 unspecified atom stereocenters. The van der Waals surface area contributed by atoms with Crippen LogP contribution in [0.3, 0.4) is 0 Å². The molecule has 0 saturated heterocycles. The molecule has 19 heavy (non-hydrogen) atoms. The van der Waals surface area contributed by atoms with Crippen LogP contribution in [0.1, 0.15) is 21.5 Å². The predicted octanol–water partition coefficient (Wildman–Crippen LogP) is 3.23. The van der Waals surface area contributed by atoms with Crippen molar-refractivity contribution in [3.05, 3.63) is 64.5 Å². The van der Waals surface area contributed by atoms with Gasteiger partial charge in [-0.2, -0.15) is 0 Å². The van der Waals surface area contributed by atoms with Crippen LogP contribution < -0.4 is 5.73 Å². The maximum Gasteiger partial charge on any atom is 0.196 e. The van der Waals surface area contributed by atoms with Crippen LogP contribution in [0, 0.1) is 24.4 Å². The molecule has 2 rings (SSSR count). The number of hydrogen-bond acceptors (Lipinski definition) is 2. The van der Waals surface area contributed by atoms with Gasteiger partial charge in [0.1, 0.15) is 5.82 Å². The molecule has 0 heterocycles. The Morgan fingerprint density at radius 2 is 1.63 bits per heavy atom. The van der Waals surface area contributed by atoms with Crippen LogP contribution in [-0.4, -0.2) is 5.78 Å². The molecule has 5 heteroatoms. The lowest BCUT2D eigenvalue weighted by Gasteiger charge is -2.06. The fraction of sp³-hybridized carbons (Fsp3) is 0.0714. The molecular weight excluding hydrogens is 255 g/mol. The number of halogens is 3. The van der Waals surface area contributed by atoms with Crippen molar-refractivity contribution in [2.24, 2.45) is 0 Å². The summed E-state index contributed by atoms with van der Waals surface area (Å²) in [4.78, 5) is 12.0. The Bertz CT molecular complexity index is 668. The van der Waals surface area contributed by atoms with E-state index in [9.17, 15) is 18.0 Å². The van der Waals surface area contributed by atoms with E-state index in [1.807, 2.05) is 0 Å². The lowest BCUT2D eigenvalue weighted by atomic mass is 10.0. The molecule has 0 bridgehead atoms. The predicted molar refractivity (Wildman–Crippen MR) is 65.3 cm³/mol. The summed E-state index contributed by atoms with van der Waals surface area (Å²) in [5, 5.41) is 0. The van der Waals surface area contributed by atoms with Crippen LogP contribution >= 0.6 is 0 Å². The first-order valence-corrected chi connectivity index (χ1v) is 5.45. The van der Waals surface area contributed by atoms with Crippen LogP contribution in [-0.2, 0) is 0 Å². The Hall–Kier alpha value is -2.30. The minimum Gasteiger partial charge on any atom is -0.399 e. The molecule has 2 nitrogen and oxygen atoms in total. The highest BCUT2D eigenvalue weighted by Crippen LogP contribution is 2.20. The number of nitrogen functional groups attached to an aromatic ring is 1. The third-order valence-electron chi connectivity index (χ3n) is 2.79. The molecule has 0 aliphatic carbocycles. The number of anilines is 1.